The van der Waals surface area contributed by atoms with Crippen LogP contribution in [0.15, 0.2) is 24.3 Å². The molecule has 27 heavy (non-hydrogen) atoms. The minimum absolute atomic E-state index is 0.0120. The summed E-state index contributed by atoms with van der Waals surface area (Å²) in [5, 5.41) is 3.26. The van der Waals surface area contributed by atoms with Crippen molar-refractivity contribution in [1.82, 2.24) is 10.2 Å². The summed E-state index contributed by atoms with van der Waals surface area (Å²) in [7, 11) is 0. The van der Waals surface area contributed by atoms with Crippen LogP contribution < -0.4 is 5.32 Å². The number of nitrogens with one attached hydrogen (secondary N) is 1. The van der Waals surface area contributed by atoms with E-state index in [-0.39, 0.29) is 29.8 Å². The molecule has 148 valence electrons. The zero-order chi connectivity index (χ0) is 19.4. The Balaban J connectivity index is 1.53. The van der Waals surface area contributed by atoms with Crippen LogP contribution in [0.4, 0.5) is 0 Å². The predicted molar refractivity (Wildman–Crippen MR) is 106 cm³/mol. The summed E-state index contributed by atoms with van der Waals surface area (Å²) in [6.45, 7) is 8.98. The highest BCUT2D eigenvalue weighted by atomic mass is 16.5. The van der Waals surface area contributed by atoms with Gasteiger partial charge in [-0.05, 0) is 37.7 Å². The second kappa shape index (κ2) is 8.98. The van der Waals surface area contributed by atoms with Crippen LogP contribution in [0.3, 0.4) is 0 Å². The maximum atomic E-state index is 12.8. The zero-order valence-electron chi connectivity index (χ0n) is 16.7. The molecular formula is C22H32N2O3. The van der Waals surface area contributed by atoms with Crippen molar-refractivity contribution in [3.05, 3.63) is 35.4 Å². The van der Waals surface area contributed by atoms with Gasteiger partial charge in [0.15, 0.2) is 5.78 Å². The van der Waals surface area contributed by atoms with Crippen molar-refractivity contribution < 1.29 is 14.3 Å². The average molecular weight is 373 g/mol. The summed E-state index contributed by atoms with van der Waals surface area (Å²) in [5.41, 5.74) is 2.07. The standard InChI is InChI=1S/C22H32N2O3/c1-15(2)14-17-4-6-18(7-5-17)21(25)19-8-11-24(12-9-19)22(26)20-16(3)27-13-10-23-20/h4-7,15-16,19-20,23H,8-14H2,1-3H3/t16-,20+/m1/s1. The van der Waals surface area contributed by atoms with E-state index >= 15 is 0 Å². The largest absolute Gasteiger partial charge is 0.375 e. The monoisotopic (exact) mass is 372 g/mol. The highest BCUT2D eigenvalue weighted by molar-refractivity contribution is 5.98. The number of piperidine rings is 1. The molecule has 0 spiro atoms. The van der Waals surface area contributed by atoms with E-state index in [0.29, 0.717) is 32.2 Å². The minimum atomic E-state index is -0.264. The third kappa shape index (κ3) is 4.96. The lowest BCUT2D eigenvalue weighted by molar-refractivity contribution is -0.140. The van der Waals surface area contributed by atoms with Gasteiger partial charge in [0.1, 0.15) is 6.04 Å². The van der Waals surface area contributed by atoms with E-state index in [0.717, 1.165) is 24.8 Å². The van der Waals surface area contributed by atoms with Crippen LogP contribution in [0.1, 0.15) is 49.5 Å². The lowest BCUT2D eigenvalue weighted by Crippen LogP contribution is -2.57. The Kier molecular flexibility index (Phi) is 6.66. The number of ether oxygens (including phenoxy) is 1. The van der Waals surface area contributed by atoms with Crippen LogP contribution in [0.2, 0.25) is 0 Å². The topological polar surface area (TPSA) is 58.6 Å². The summed E-state index contributed by atoms with van der Waals surface area (Å²) in [4.78, 5) is 27.4. The highest BCUT2D eigenvalue weighted by Crippen LogP contribution is 2.23. The number of rotatable bonds is 5. The predicted octanol–water partition coefficient (Wildman–Crippen LogP) is 2.68. The Morgan fingerprint density at radius 2 is 1.85 bits per heavy atom. The van der Waals surface area contributed by atoms with Crippen molar-refractivity contribution in [3.8, 4) is 0 Å². The van der Waals surface area contributed by atoms with Gasteiger partial charge in [-0.1, -0.05) is 38.1 Å². The fraction of sp³-hybridized carbons (Fsp3) is 0.636. The van der Waals surface area contributed by atoms with E-state index in [9.17, 15) is 9.59 Å². The molecule has 1 amide bonds. The van der Waals surface area contributed by atoms with E-state index in [4.69, 9.17) is 4.74 Å². The van der Waals surface area contributed by atoms with Gasteiger partial charge in [-0.25, -0.2) is 0 Å². The molecule has 2 heterocycles. The zero-order valence-corrected chi connectivity index (χ0v) is 16.7. The number of carbonyl (C=O) groups excluding carboxylic acids is 2. The van der Waals surface area contributed by atoms with Gasteiger partial charge in [-0.2, -0.15) is 0 Å². The number of hydrogen-bond donors (Lipinski definition) is 1. The van der Waals surface area contributed by atoms with E-state index in [1.54, 1.807) is 0 Å². The smallest absolute Gasteiger partial charge is 0.242 e. The molecule has 2 saturated heterocycles. The second-order valence-electron chi connectivity index (χ2n) is 8.27. The van der Waals surface area contributed by atoms with E-state index in [2.05, 4.69) is 31.3 Å². The van der Waals surface area contributed by atoms with Crippen LogP contribution in [0.5, 0.6) is 0 Å². The number of carbonyl (C=O) groups is 2. The molecule has 2 aliphatic heterocycles. The maximum absolute atomic E-state index is 12.8. The summed E-state index contributed by atoms with van der Waals surface area (Å²) in [6, 6.07) is 7.80. The molecule has 2 aliphatic rings. The minimum Gasteiger partial charge on any atom is -0.375 e. The van der Waals surface area contributed by atoms with E-state index in [1.807, 2.05) is 24.0 Å². The first-order valence-corrected chi connectivity index (χ1v) is 10.2. The summed E-state index contributed by atoms with van der Waals surface area (Å²) in [6.07, 6.45) is 2.40. The molecular weight excluding hydrogens is 340 g/mol. The highest BCUT2D eigenvalue weighted by Gasteiger charge is 2.34. The number of benzene rings is 1. The Hall–Kier alpha value is -1.72. The molecule has 0 unspecified atom stereocenters. The fourth-order valence-electron chi connectivity index (χ4n) is 4.08. The molecule has 5 heteroatoms. The second-order valence-corrected chi connectivity index (χ2v) is 8.27. The Morgan fingerprint density at radius 3 is 2.44 bits per heavy atom. The summed E-state index contributed by atoms with van der Waals surface area (Å²) in [5.74, 6) is 0.940. The first kappa shape index (κ1) is 20.0. The van der Waals surface area contributed by atoms with Crippen molar-refractivity contribution in [2.24, 2.45) is 11.8 Å². The SMILES string of the molecule is CC(C)Cc1ccc(C(=O)C2CCN(C(=O)[C@H]3NCCO[C@@H]3C)CC2)cc1. The van der Waals surface area contributed by atoms with Gasteiger partial charge < -0.3 is 15.0 Å². The normalized spacial score (nSPS) is 24.2. The molecule has 2 fully saturated rings. The number of ketones is 1. The number of nitrogens with zero attached hydrogens (tertiary/aromatic N) is 1. The van der Waals surface area contributed by atoms with Gasteiger partial charge in [-0.15, -0.1) is 0 Å². The summed E-state index contributed by atoms with van der Waals surface area (Å²) < 4.78 is 5.59. The molecule has 0 bridgehead atoms. The van der Waals surface area contributed by atoms with Crippen molar-refractivity contribution in [2.45, 2.75) is 52.2 Å². The quantitative estimate of drug-likeness (QED) is 0.808. The molecule has 3 rings (SSSR count). The molecule has 2 atom stereocenters. The van der Waals surface area contributed by atoms with Crippen LogP contribution in [-0.4, -0.2) is 55.0 Å². The Morgan fingerprint density at radius 1 is 1.19 bits per heavy atom. The molecule has 0 aromatic heterocycles. The number of Topliss-reactive ketones (excluding diaryl/α,β-unsaturated/α-hetero) is 1. The maximum Gasteiger partial charge on any atom is 0.242 e. The van der Waals surface area contributed by atoms with E-state index < -0.39 is 0 Å². The third-order valence-corrected chi connectivity index (χ3v) is 5.64. The molecule has 0 radical (unpaired) electrons. The Labute approximate surface area is 162 Å². The van der Waals surface area contributed by atoms with Gasteiger partial charge in [0, 0.05) is 31.1 Å². The van der Waals surface area contributed by atoms with Gasteiger partial charge in [0.25, 0.3) is 0 Å². The number of morpholine rings is 1. The average Bonchev–Trinajstić information content (AvgIpc) is 2.67. The number of amides is 1. The molecule has 5 nitrogen and oxygen atoms in total. The molecule has 1 aromatic rings. The first-order chi connectivity index (χ1) is 13.0. The van der Waals surface area contributed by atoms with Crippen LogP contribution in [0, 0.1) is 11.8 Å². The van der Waals surface area contributed by atoms with Gasteiger partial charge >= 0.3 is 0 Å². The first-order valence-electron chi connectivity index (χ1n) is 10.2. The Bertz CT molecular complexity index is 648. The third-order valence-electron chi connectivity index (χ3n) is 5.64. The van der Waals surface area contributed by atoms with Crippen molar-refractivity contribution in [2.75, 3.05) is 26.2 Å². The lowest BCUT2D eigenvalue weighted by atomic mass is 9.88. The molecule has 1 N–H and O–H groups in total. The molecule has 0 saturated carbocycles. The fourth-order valence-corrected chi connectivity index (χ4v) is 4.08. The van der Waals surface area contributed by atoms with Crippen LogP contribution >= 0.6 is 0 Å². The lowest BCUT2D eigenvalue weighted by Gasteiger charge is -2.37. The number of likely N-dealkylation sites (tertiary alicyclic amines) is 1. The van der Waals surface area contributed by atoms with Gasteiger partial charge in [0.05, 0.1) is 12.7 Å². The van der Waals surface area contributed by atoms with Gasteiger partial charge in [0.2, 0.25) is 5.91 Å². The summed E-state index contributed by atoms with van der Waals surface area (Å²) >= 11 is 0. The van der Waals surface area contributed by atoms with Crippen LogP contribution in [-0.2, 0) is 16.0 Å². The van der Waals surface area contributed by atoms with Crippen LogP contribution in [0.25, 0.3) is 0 Å². The molecule has 0 aliphatic carbocycles. The van der Waals surface area contributed by atoms with Crippen molar-refractivity contribution >= 4 is 11.7 Å². The van der Waals surface area contributed by atoms with Crippen molar-refractivity contribution in [3.63, 3.8) is 0 Å². The van der Waals surface area contributed by atoms with E-state index in [1.165, 1.54) is 5.56 Å². The van der Waals surface area contributed by atoms with Gasteiger partial charge in [-0.3, -0.25) is 9.59 Å². The number of hydrogen-bond acceptors (Lipinski definition) is 4. The van der Waals surface area contributed by atoms with Crippen molar-refractivity contribution in [1.29, 1.82) is 0 Å². The molecule has 1 aromatic carbocycles.